The molecule has 0 saturated carbocycles. The number of anilines is 1. The Kier molecular flexibility index (Phi) is 4.92. The van der Waals surface area contributed by atoms with Gasteiger partial charge in [0.05, 0.1) is 12.3 Å². The lowest BCUT2D eigenvalue weighted by Crippen LogP contribution is -2.46. The standard InChI is InChI=1S/C22H24N4O4/c1-25-7-9-26(10-8-25)18-4-2-5-19-16(18)12-15(14-29-19)23-22(27)17-13-21(30-24-17)20-6-3-11-28-20/h2-6,11,13,15H,7-10,12,14H2,1H3,(H,23,27)/t15-/m0/s1. The molecule has 156 valence electrons. The van der Waals surface area contributed by atoms with Crippen molar-refractivity contribution in [2.75, 3.05) is 44.7 Å². The molecule has 0 aliphatic carbocycles. The molecule has 1 aromatic carbocycles. The average Bonchev–Trinajstić information content (AvgIpc) is 3.46. The van der Waals surface area contributed by atoms with Crippen LogP contribution in [0.25, 0.3) is 11.5 Å². The van der Waals surface area contributed by atoms with Crippen LogP contribution in [0.2, 0.25) is 0 Å². The second kappa shape index (κ2) is 7.87. The van der Waals surface area contributed by atoms with Gasteiger partial charge in [0, 0.05) is 49.9 Å². The van der Waals surface area contributed by atoms with Crippen LogP contribution in [0.5, 0.6) is 5.75 Å². The van der Waals surface area contributed by atoms with E-state index in [1.807, 2.05) is 12.1 Å². The first kappa shape index (κ1) is 18.7. The van der Waals surface area contributed by atoms with Gasteiger partial charge in [0.2, 0.25) is 5.76 Å². The van der Waals surface area contributed by atoms with E-state index in [9.17, 15) is 4.79 Å². The predicted octanol–water partition coefficient (Wildman–Crippen LogP) is 2.42. The van der Waals surface area contributed by atoms with E-state index < -0.39 is 0 Å². The van der Waals surface area contributed by atoms with Crippen molar-refractivity contribution in [3.05, 3.63) is 53.9 Å². The Morgan fingerprint density at radius 1 is 1.13 bits per heavy atom. The van der Waals surface area contributed by atoms with Gasteiger partial charge in [-0.25, -0.2) is 0 Å². The molecule has 3 aromatic rings. The van der Waals surface area contributed by atoms with Gasteiger partial charge < -0.3 is 28.8 Å². The highest BCUT2D eigenvalue weighted by Gasteiger charge is 2.27. The van der Waals surface area contributed by atoms with Gasteiger partial charge in [0.15, 0.2) is 11.5 Å². The van der Waals surface area contributed by atoms with Crippen molar-refractivity contribution in [1.82, 2.24) is 15.4 Å². The molecule has 1 fully saturated rings. The van der Waals surface area contributed by atoms with Gasteiger partial charge in [-0.1, -0.05) is 11.2 Å². The van der Waals surface area contributed by atoms with Crippen molar-refractivity contribution in [1.29, 1.82) is 0 Å². The summed E-state index contributed by atoms with van der Waals surface area (Å²) in [5.74, 6) is 1.57. The highest BCUT2D eigenvalue weighted by molar-refractivity contribution is 5.93. The third-order valence-electron chi connectivity index (χ3n) is 5.68. The number of aromatic nitrogens is 1. The quantitative estimate of drug-likeness (QED) is 0.710. The van der Waals surface area contributed by atoms with Crippen molar-refractivity contribution in [2.45, 2.75) is 12.5 Å². The summed E-state index contributed by atoms with van der Waals surface area (Å²) in [7, 11) is 2.15. The number of furan rings is 1. The largest absolute Gasteiger partial charge is 0.491 e. The third kappa shape index (κ3) is 3.66. The van der Waals surface area contributed by atoms with Crippen LogP contribution in [0.3, 0.4) is 0 Å². The molecule has 2 aromatic heterocycles. The zero-order valence-corrected chi connectivity index (χ0v) is 16.8. The minimum atomic E-state index is -0.286. The van der Waals surface area contributed by atoms with Gasteiger partial charge in [-0.05, 0) is 31.3 Å². The number of nitrogens with zero attached hydrogens (tertiary/aromatic N) is 3. The number of fused-ring (bicyclic) bond motifs is 1. The molecule has 4 heterocycles. The summed E-state index contributed by atoms with van der Waals surface area (Å²) in [6.07, 6.45) is 2.26. The van der Waals surface area contributed by atoms with Crippen LogP contribution in [0.15, 0.2) is 51.6 Å². The van der Waals surface area contributed by atoms with Crippen molar-refractivity contribution in [3.8, 4) is 17.3 Å². The van der Waals surface area contributed by atoms with E-state index in [1.165, 1.54) is 5.69 Å². The summed E-state index contributed by atoms with van der Waals surface area (Å²) in [6.45, 7) is 4.47. The maximum atomic E-state index is 12.7. The Labute approximate surface area is 174 Å². The molecule has 0 radical (unpaired) electrons. The number of benzene rings is 1. The lowest BCUT2D eigenvalue weighted by Gasteiger charge is -2.37. The van der Waals surface area contributed by atoms with Crippen LogP contribution >= 0.6 is 0 Å². The molecule has 5 rings (SSSR count). The van der Waals surface area contributed by atoms with Crippen molar-refractivity contribution in [3.63, 3.8) is 0 Å². The molecule has 1 saturated heterocycles. The van der Waals surface area contributed by atoms with Gasteiger partial charge in [0.1, 0.15) is 12.4 Å². The SMILES string of the molecule is CN1CCN(c2cccc3c2C[C@H](NC(=O)c2cc(-c4ccco4)on2)CO3)CC1. The van der Waals surface area contributed by atoms with Crippen molar-refractivity contribution >= 4 is 11.6 Å². The Morgan fingerprint density at radius 2 is 2.00 bits per heavy atom. The fourth-order valence-corrected chi connectivity index (χ4v) is 4.00. The number of nitrogens with one attached hydrogen (secondary N) is 1. The first-order valence-electron chi connectivity index (χ1n) is 10.2. The molecule has 8 nitrogen and oxygen atoms in total. The van der Waals surface area contributed by atoms with Crippen LogP contribution in [0.4, 0.5) is 5.69 Å². The normalized spacial score (nSPS) is 19.2. The fourth-order valence-electron chi connectivity index (χ4n) is 4.00. The summed E-state index contributed by atoms with van der Waals surface area (Å²) in [6, 6.07) is 11.1. The maximum Gasteiger partial charge on any atom is 0.273 e. The lowest BCUT2D eigenvalue weighted by atomic mass is 9.99. The molecule has 2 aliphatic rings. The Balaban J connectivity index is 1.29. The minimum absolute atomic E-state index is 0.137. The highest BCUT2D eigenvalue weighted by atomic mass is 16.5. The van der Waals surface area contributed by atoms with Crippen LogP contribution < -0.4 is 15.0 Å². The molecule has 0 bridgehead atoms. The summed E-state index contributed by atoms with van der Waals surface area (Å²) in [5, 5.41) is 6.91. The summed E-state index contributed by atoms with van der Waals surface area (Å²) < 4.78 is 16.5. The van der Waals surface area contributed by atoms with E-state index in [0.717, 1.165) is 37.5 Å². The summed E-state index contributed by atoms with van der Waals surface area (Å²) in [4.78, 5) is 17.4. The number of hydrogen-bond donors (Lipinski definition) is 1. The lowest BCUT2D eigenvalue weighted by molar-refractivity contribution is 0.0906. The van der Waals surface area contributed by atoms with E-state index >= 15 is 0 Å². The molecule has 1 atom stereocenters. The number of likely N-dealkylation sites (N-methyl/N-ethyl adjacent to an activating group) is 1. The Hall–Kier alpha value is -3.26. The Bertz CT molecular complexity index is 1020. The number of amides is 1. The van der Waals surface area contributed by atoms with Gasteiger partial charge >= 0.3 is 0 Å². The zero-order chi connectivity index (χ0) is 20.5. The number of carbonyl (C=O) groups excluding carboxylic acids is 1. The molecule has 30 heavy (non-hydrogen) atoms. The fraction of sp³-hybridized carbons (Fsp3) is 0.364. The topological polar surface area (TPSA) is 84.0 Å². The van der Waals surface area contributed by atoms with E-state index in [1.54, 1.807) is 24.5 Å². The number of rotatable bonds is 4. The van der Waals surface area contributed by atoms with Crippen molar-refractivity contribution in [2.24, 2.45) is 0 Å². The van der Waals surface area contributed by atoms with E-state index in [4.69, 9.17) is 13.7 Å². The van der Waals surface area contributed by atoms with Gasteiger partial charge in [-0.3, -0.25) is 4.79 Å². The molecular formula is C22H24N4O4. The van der Waals surface area contributed by atoms with Crippen LogP contribution in [0, 0.1) is 0 Å². The first-order valence-corrected chi connectivity index (χ1v) is 10.2. The predicted molar refractivity (Wildman–Crippen MR) is 111 cm³/mol. The Morgan fingerprint density at radius 3 is 2.80 bits per heavy atom. The molecule has 0 spiro atoms. The zero-order valence-electron chi connectivity index (χ0n) is 16.8. The third-order valence-corrected chi connectivity index (χ3v) is 5.68. The molecule has 2 aliphatic heterocycles. The number of carbonyl (C=O) groups is 1. The number of hydrogen-bond acceptors (Lipinski definition) is 7. The van der Waals surface area contributed by atoms with E-state index in [-0.39, 0.29) is 17.6 Å². The van der Waals surface area contributed by atoms with Crippen LogP contribution in [0.1, 0.15) is 16.1 Å². The smallest absolute Gasteiger partial charge is 0.273 e. The first-order chi connectivity index (χ1) is 14.7. The monoisotopic (exact) mass is 408 g/mol. The summed E-state index contributed by atoms with van der Waals surface area (Å²) >= 11 is 0. The molecular weight excluding hydrogens is 384 g/mol. The second-order valence-electron chi connectivity index (χ2n) is 7.78. The van der Waals surface area contributed by atoms with Gasteiger partial charge in [0.25, 0.3) is 5.91 Å². The van der Waals surface area contributed by atoms with Crippen LogP contribution in [-0.2, 0) is 6.42 Å². The van der Waals surface area contributed by atoms with Crippen LogP contribution in [-0.4, -0.2) is 61.8 Å². The van der Waals surface area contributed by atoms with E-state index in [0.29, 0.717) is 24.5 Å². The number of piperazine rings is 1. The minimum Gasteiger partial charge on any atom is -0.491 e. The highest BCUT2D eigenvalue weighted by Crippen LogP contribution is 2.34. The molecule has 1 amide bonds. The molecule has 1 N–H and O–H groups in total. The van der Waals surface area contributed by atoms with Gasteiger partial charge in [-0.15, -0.1) is 0 Å². The molecule has 8 heteroatoms. The van der Waals surface area contributed by atoms with Crippen molar-refractivity contribution < 1.29 is 18.5 Å². The van der Waals surface area contributed by atoms with E-state index in [2.05, 4.69) is 33.4 Å². The number of ether oxygens (including phenoxy) is 1. The average molecular weight is 408 g/mol. The summed E-state index contributed by atoms with van der Waals surface area (Å²) in [5.41, 5.74) is 2.57. The maximum absolute atomic E-state index is 12.7. The second-order valence-corrected chi connectivity index (χ2v) is 7.78. The molecule has 0 unspecified atom stereocenters. The van der Waals surface area contributed by atoms with Gasteiger partial charge in [-0.2, -0.15) is 0 Å².